The molecule has 2 aromatic carbocycles. The van der Waals surface area contributed by atoms with Crippen molar-refractivity contribution in [3.8, 4) is 0 Å². The van der Waals surface area contributed by atoms with Crippen LogP contribution in [0.2, 0.25) is 0 Å². The minimum atomic E-state index is -3.95. The van der Waals surface area contributed by atoms with Crippen molar-refractivity contribution >= 4 is 21.6 Å². The van der Waals surface area contributed by atoms with E-state index in [4.69, 9.17) is 0 Å². The lowest BCUT2D eigenvalue weighted by Crippen LogP contribution is -2.55. The lowest BCUT2D eigenvalue weighted by Gasteiger charge is -2.39. The fourth-order valence-corrected chi connectivity index (χ4v) is 6.61. The third-order valence-corrected chi connectivity index (χ3v) is 8.81. The van der Waals surface area contributed by atoms with E-state index in [1.54, 1.807) is 24.0 Å². The van der Waals surface area contributed by atoms with Gasteiger partial charge >= 0.3 is 0 Å². The number of carbonyl (C=O) groups excluding carboxylic acids is 1. The molecular weight excluding hydrogens is 449 g/mol. The lowest BCUT2D eigenvalue weighted by atomic mass is 9.77. The molecule has 0 N–H and O–H groups in total. The first kappa shape index (κ1) is 23.3. The summed E-state index contributed by atoms with van der Waals surface area (Å²) in [7, 11) is -3.95. The van der Waals surface area contributed by atoms with Crippen LogP contribution >= 0.6 is 0 Å². The maximum absolute atomic E-state index is 13.9. The molecular formula is C23H26FN3O5S. The van der Waals surface area contributed by atoms with E-state index in [0.29, 0.717) is 24.0 Å². The Morgan fingerprint density at radius 1 is 1.06 bits per heavy atom. The average Bonchev–Trinajstić information content (AvgIpc) is 3.30. The summed E-state index contributed by atoms with van der Waals surface area (Å²) in [5.41, 5.74) is 0.0356. The Kier molecular flexibility index (Phi) is 6.24. The minimum Gasteiger partial charge on any atom is -0.339 e. The normalized spacial score (nSPS) is 18.9. The van der Waals surface area contributed by atoms with Crippen molar-refractivity contribution in [3.05, 3.63) is 69.5 Å². The first-order valence-corrected chi connectivity index (χ1v) is 12.4. The molecule has 0 atom stereocenters. The Morgan fingerprint density at radius 3 is 2.33 bits per heavy atom. The summed E-state index contributed by atoms with van der Waals surface area (Å²) in [5, 5.41) is 11.1. The summed E-state index contributed by atoms with van der Waals surface area (Å²) in [6, 6.07) is 9.97. The van der Waals surface area contributed by atoms with E-state index in [0.717, 1.165) is 18.9 Å². The topological polar surface area (TPSA) is 101 Å². The number of carbonyl (C=O) groups is 1. The van der Waals surface area contributed by atoms with E-state index in [-0.39, 0.29) is 48.5 Å². The number of sulfonamides is 1. The van der Waals surface area contributed by atoms with Crippen LogP contribution in [0.25, 0.3) is 0 Å². The van der Waals surface area contributed by atoms with Crippen LogP contribution in [0.15, 0.2) is 47.4 Å². The third kappa shape index (κ3) is 4.24. The number of amides is 1. The molecule has 1 aliphatic heterocycles. The van der Waals surface area contributed by atoms with Crippen LogP contribution in [0.1, 0.15) is 36.8 Å². The molecule has 176 valence electrons. The largest absolute Gasteiger partial charge is 0.339 e. The van der Waals surface area contributed by atoms with E-state index < -0.39 is 20.4 Å². The van der Waals surface area contributed by atoms with Gasteiger partial charge in [0.2, 0.25) is 15.9 Å². The van der Waals surface area contributed by atoms with Crippen molar-refractivity contribution in [2.24, 2.45) is 0 Å². The molecule has 8 nitrogen and oxygen atoms in total. The molecule has 1 amide bonds. The lowest BCUT2D eigenvalue weighted by molar-refractivity contribution is -0.385. The van der Waals surface area contributed by atoms with Gasteiger partial charge in [-0.05, 0) is 43.0 Å². The molecule has 0 unspecified atom stereocenters. The number of aryl methyl sites for hydroxylation is 1. The van der Waals surface area contributed by atoms with E-state index in [9.17, 15) is 27.7 Å². The minimum absolute atomic E-state index is 0.0887. The van der Waals surface area contributed by atoms with Crippen molar-refractivity contribution in [1.82, 2.24) is 9.21 Å². The second-order valence-corrected chi connectivity index (χ2v) is 10.6. The number of nitrogens with zero attached hydrogens (tertiary/aromatic N) is 3. The Balaban J connectivity index is 1.53. The molecule has 0 bridgehead atoms. The quantitative estimate of drug-likeness (QED) is 0.487. The van der Waals surface area contributed by atoms with Crippen LogP contribution in [0.4, 0.5) is 10.1 Å². The zero-order valence-corrected chi connectivity index (χ0v) is 19.2. The fourth-order valence-electron chi connectivity index (χ4n) is 4.94. The van der Waals surface area contributed by atoms with Gasteiger partial charge in [0, 0.05) is 38.3 Å². The summed E-state index contributed by atoms with van der Waals surface area (Å²) in [5.74, 6) is -0.469. The summed E-state index contributed by atoms with van der Waals surface area (Å²) in [6.07, 6.45) is 3.03. The molecule has 2 aromatic rings. The predicted octanol–water partition coefficient (Wildman–Crippen LogP) is 3.39. The van der Waals surface area contributed by atoms with Gasteiger partial charge in [0.25, 0.3) is 5.69 Å². The van der Waals surface area contributed by atoms with E-state index in [1.165, 1.54) is 28.6 Å². The SMILES string of the molecule is Cc1ccc([N+](=O)[O-])cc1S(=O)(=O)N1CCN(C(=O)C2(c3cccc(F)c3)CCCC2)CC1. The van der Waals surface area contributed by atoms with E-state index >= 15 is 0 Å². The number of piperazine rings is 1. The predicted molar refractivity (Wildman–Crippen MR) is 120 cm³/mol. The zero-order valence-electron chi connectivity index (χ0n) is 18.4. The second-order valence-electron chi connectivity index (χ2n) is 8.70. The molecule has 1 heterocycles. The smallest absolute Gasteiger partial charge is 0.270 e. The molecule has 33 heavy (non-hydrogen) atoms. The maximum atomic E-state index is 13.9. The molecule has 4 rings (SSSR count). The van der Waals surface area contributed by atoms with Gasteiger partial charge in [0.15, 0.2) is 0 Å². The van der Waals surface area contributed by atoms with Crippen LogP contribution in [0.5, 0.6) is 0 Å². The van der Waals surface area contributed by atoms with Crippen LogP contribution in [-0.2, 0) is 20.2 Å². The van der Waals surface area contributed by atoms with Gasteiger partial charge in [-0.2, -0.15) is 4.31 Å². The van der Waals surface area contributed by atoms with Crippen LogP contribution < -0.4 is 0 Å². The fraction of sp³-hybridized carbons (Fsp3) is 0.435. The highest BCUT2D eigenvalue weighted by atomic mass is 32.2. The molecule has 1 aliphatic carbocycles. The molecule has 1 saturated heterocycles. The molecule has 0 aromatic heterocycles. The van der Waals surface area contributed by atoms with Gasteiger partial charge in [-0.1, -0.05) is 31.0 Å². The Morgan fingerprint density at radius 2 is 1.73 bits per heavy atom. The first-order valence-electron chi connectivity index (χ1n) is 11.0. The van der Waals surface area contributed by atoms with Crippen LogP contribution in [0, 0.1) is 22.9 Å². The van der Waals surface area contributed by atoms with Crippen molar-refractivity contribution < 1.29 is 22.5 Å². The summed E-state index contributed by atoms with van der Waals surface area (Å²) >= 11 is 0. The Bertz CT molecular complexity index is 1190. The van der Waals surface area contributed by atoms with Crippen molar-refractivity contribution in [3.63, 3.8) is 0 Å². The number of rotatable bonds is 5. The highest BCUT2D eigenvalue weighted by Crippen LogP contribution is 2.43. The van der Waals surface area contributed by atoms with E-state index in [2.05, 4.69) is 0 Å². The van der Waals surface area contributed by atoms with E-state index in [1.807, 2.05) is 0 Å². The first-order chi connectivity index (χ1) is 15.6. The Hall–Kier alpha value is -2.85. The summed E-state index contributed by atoms with van der Waals surface area (Å²) in [6.45, 7) is 2.20. The summed E-state index contributed by atoms with van der Waals surface area (Å²) < 4.78 is 41.6. The number of hydrogen-bond acceptors (Lipinski definition) is 5. The number of nitro groups is 1. The molecule has 0 spiro atoms. The number of non-ortho nitro benzene ring substituents is 1. The standard InChI is InChI=1S/C23H26FN3O5S/c1-17-7-8-20(27(29)30)16-21(17)33(31,32)26-13-11-25(12-14-26)22(28)23(9-2-3-10-23)18-5-4-6-19(24)15-18/h4-8,15-16H,2-3,9-14H2,1H3. The number of halogens is 1. The van der Waals surface area contributed by atoms with Gasteiger partial charge in [-0.3, -0.25) is 14.9 Å². The maximum Gasteiger partial charge on any atom is 0.270 e. The highest BCUT2D eigenvalue weighted by molar-refractivity contribution is 7.89. The average molecular weight is 476 g/mol. The Labute approximate surface area is 192 Å². The molecule has 1 saturated carbocycles. The molecule has 10 heteroatoms. The third-order valence-electron chi connectivity index (χ3n) is 6.77. The van der Waals surface area contributed by atoms with Gasteiger partial charge in [0.1, 0.15) is 5.82 Å². The van der Waals surface area contributed by atoms with Gasteiger partial charge in [-0.15, -0.1) is 0 Å². The van der Waals surface area contributed by atoms with Gasteiger partial charge in [0.05, 0.1) is 15.2 Å². The van der Waals surface area contributed by atoms with Crippen molar-refractivity contribution in [1.29, 1.82) is 0 Å². The molecule has 0 radical (unpaired) electrons. The molecule has 2 fully saturated rings. The zero-order chi connectivity index (χ0) is 23.8. The number of benzene rings is 2. The van der Waals surface area contributed by atoms with Gasteiger partial charge < -0.3 is 4.90 Å². The van der Waals surface area contributed by atoms with Crippen LogP contribution in [-0.4, -0.2) is 54.6 Å². The van der Waals surface area contributed by atoms with Crippen LogP contribution in [0.3, 0.4) is 0 Å². The highest BCUT2D eigenvalue weighted by Gasteiger charge is 2.46. The molecule has 2 aliphatic rings. The van der Waals surface area contributed by atoms with Gasteiger partial charge in [-0.25, -0.2) is 12.8 Å². The second kappa shape index (κ2) is 8.83. The van der Waals surface area contributed by atoms with Crippen molar-refractivity contribution in [2.75, 3.05) is 26.2 Å². The van der Waals surface area contributed by atoms with Crippen molar-refractivity contribution in [2.45, 2.75) is 42.9 Å². The number of hydrogen-bond donors (Lipinski definition) is 0. The summed E-state index contributed by atoms with van der Waals surface area (Å²) in [4.78, 5) is 25.7. The monoisotopic (exact) mass is 475 g/mol. The number of nitro benzene ring substituents is 1.